The first-order valence-electron chi connectivity index (χ1n) is 7.17. The molecule has 0 atom stereocenters. The topological polar surface area (TPSA) is 56.6 Å². The van der Waals surface area contributed by atoms with E-state index in [0.29, 0.717) is 11.5 Å². The van der Waals surface area contributed by atoms with Gasteiger partial charge in [0, 0.05) is 25.5 Å². The molecule has 1 aromatic heterocycles. The zero-order chi connectivity index (χ0) is 17.1. The number of imidazole rings is 1. The third kappa shape index (κ3) is 3.37. The molecule has 0 N–H and O–H groups in total. The van der Waals surface area contributed by atoms with Crippen LogP contribution in [0.2, 0.25) is 0 Å². The lowest BCUT2D eigenvalue weighted by Gasteiger charge is -2.15. The fourth-order valence-electron chi connectivity index (χ4n) is 2.25. The van der Waals surface area contributed by atoms with Crippen LogP contribution in [0, 0.1) is 0 Å². The van der Waals surface area contributed by atoms with Crippen LogP contribution in [0.15, 0.2) is 36.7 Å². The van der Waals surface area contributed by atoms with Gasteiger partial charge >= 0.3 is 6.55 Å². The van der Waals surface area contributed by atoms with Crippen molar-refractivity contribution in [1.29, 1.82) is 0 Å². The molecule has 1 aliphatic heterocycles. The largest absolute Gasteiger partial charge is 0.454 e. The van der Waals surface area contributed by atoms with Crippen LogP contribution < -0.4 is 9.47 Å². The van der Waals surface area contributed by atoms with E-state index in [9.17, 15) is 13.6 Å². The van der Waals surface area contributed by atoms with E-state index in [2.05, 4.69) is 4.98 Å². The second kappa shape index (κ2) is 6.69. The highest BCUT2D eigenvalue weighted by Crippen LogP contribution is 2.32. The van der Waals surface area contributed by atoms with Crippen molar-refractivity contribution in [2.75, 3.05) is 13.8 Å². The fraction of sp³-hybridized carbons (Fsp3) is 0.250. The number of aromatic nitrogens is 2. The van der Waals surface area contributed by atoms with Gasteiger partial charge < -0.3 is 14.4 Å². The number of fused-ring (bicyclic) bond motifs is 1. The highest BCUT2D eigenvalue weighted by molar-refractivity contribution is 5.91. The quantitative estimate of drug-likeness (QED) is 0.789. The zero-order valence-corrected chi connectivity index (χ0v) is 12.9. The normalized spacial score (nSPS) is 13.0. The Bertz CT molecular complexity index is 774. The van der Waals surface area contributed by atoms with Crippen molar-refractivity contribution in [1.82, 2.24) is 14.5 Å². The summed E-state index contributed by atoms with van der Waals surface area (Å²) in [6.07, 6.45) is 5.45. The maximum atomic E-state index is 12.8. The smallest absolute Gasteiger partial charge is 0.319 e. The standard InChI is InChI=1S/C16H15F2N3O3/c1-20(9-14-19-6-7-21(14)16(17)18)15(22)5-3-11-2-4-12-13(8-11)24-10-23-12/h2-8,16H,9-10H2,1H3/b5-3+. The van der Waals surface area contributed by atoms with E-state index >= 15 is 0 Å². The molecular weight excluding hydrogens is 320 g/mol. The van der Waals surface area contributed by atoms with Crippen LogP contribution in [0.1, 0.15) is 17.9 Å². The summed E-state index contributed by atoms with van der Waals surface area (Å²) < 4.78 is 36.8. The summed E-state index contributed by atoms with van der Waals surface area (Å²) in [6, 6.07) is 5.31. The molecule has 6 nitrogen and oxygen atoms in total. The molecule has 0 saturated heterocycles. The maximum absolute atomic E-state index is 12.8. The van der Waals surface area contributed by atoms with Crippen molar-refractivity contribution in [2.24, 2.45) is 0 Å². The van der Waals surface area contributed by atoms with Crippen molar-refractivity contribution in [3.05, 3.63) is 48.1 Å². The molecule has 8 heteroatoms. The first kappa shape index (κ1) is 16.0. The van der Waals surface area contributed by atoms with Crippen molar-refractivity contribution in [3.63, 3.8) is 0 Å². The van der Waals surface area contributed by atoms with Gasteiger partial charge in [0.1, 0.15) is 5.82 Å². The SMILES string of the molecule is CN(Cc1nccn1C(F)F)C(=O)/C=C/c1ccc2c(c1)OCO2. The van der Waals surface area contributed by atoms with E-state index in [-0.39, 0.29) is 25.1 Å². The molecule has 3 rings (SSSR count). The van der Waals surface area contributed by atoms with Crippen molar-refractivity contribution < 1.29 is 23.0 Å². The molecule has 0 unspecified atom stereocenters. The van der Waals surface area contributed by atoms with Gasteiger partial charge in [0.25, 0.3) is 0 Å². The molecule has 1 aromatic carbocycles. The molecule has 0 spiro atoms. The minimum absolute atomic E-state index is 0.0122. The van der Waals surface area contributed by atoms with Crippen molar-refractivity contribution in [2.45, 2.75) is 13.1 Å². The van der Waals surface area contributed by atoms with E-state index in [1.54, 1.807) is 24.3 Å². The summed E-state index contributed by atoms with van der Waals surface area (Å²) in [4.78, 5) is 17.3. The Hall–Kier alpha value is -2.90. The monoisotopic (exact) mass is 335 g/mol. The van der Waals surface area contributed by atoms with E-state index < -0.39 is 6.55 Å². The molecule has 2 heterocycles. The van der Waals surface area contributed by atoms with Crippen LogP contribution in [0.4, 0.5) is 8.78 Å². The number of halogens is 2. The molecule has 1 amide bonds. The molecule has 0 fully saturated rings. The van der Waals surface area contributed by atoms with Gasteiger partial charge in [-0.3, -0.25) is 9.36 Å². The molecule has 126 valence electrons. The van der Waals surface area contributed by atoms with Crippen LogP contribution in [-0.2, 0) is 11.3 Å². The van der Waals surface area contributed by atoms with Gasteiger partial charge in [-0.15, -0.1) is 0 Å². The molecule has 0 radical (unpaired) electrons. The number of carbonyl (C=O) groups is 1. The second-order valence-corrected chi connectivity index (χ2v) is 5.17. The van der Waals surface area contributed by atoms with Gasteiger partial charge in [0.05, 0.1) is 6.54 Å². The minimum atomic E-state index is -2.69. The number of hydrogen-bond acceptors (Lipinski definition) is 4. The molecule has 0 bridgehead atoms. The Labute approximate surface area is 136 Å². The fourth-order valence-corrected chi connectivity index (χ4v) is 2.25. The molecule has 0 saturated carbocycles. The zero-order valence-electron chi connectivity index (χ0n) is 12.9. The summed E-state index contributed by atoms with van der Waals surface area (Å²) in [7, 11) is 1.52. The predicted molar refractivity (Wildman–Crippen MR) is 81.6 cm³/mol. The van der Waals surface area contributed by atoms with Crippen LogP contribution in [0.3, 0.4) is 0 Å². The van der Waals surface area contributed by atoms with Gasteiger partial charge in [-0.05, 0) is 23.8 Å². The number of likely N-dealkylation sites (N-methyl/N-ethyl adjacent to an activating group) is 1. The Kier molecular flexibility index (Phi) is 4.45. The van der Waals surface area contributed by atoms with Gasteiger partial charge in [0.15, 0.2) is 11.5 Å². The third-order valence-electron chi connectivity index (χ3n) is 3.53. The number of benzene rings is 1. The van der Waals surface area contributed by atoms with Crippen LogP contribution >= 0.6 is 0 Å². The lowest BCUT2D eigenvalue weighted by atomic mass is 10.2. The molecule has 0 aliphatic carbocycles. The summed E-state index contributed by atoms with van der Waals surface area (Å²) in [5.74, 6) is 1.08. The van der Waals surface area contributed by atoms with E-state index in [0.717, 1.165) is 10.1 Å². The number of nitrogens with zero attached hydrogens (tertiary/aromatic N) is 3. The summed E-state index contributed by atoms with van der Waals surface area (Å²) >= 11 is 0. The highest BCUT2D eigenvalue weighted by Gasteiger charge is 2.15. The lowest BCUT2D eigenvalue weighted by Crippen LogP contribution is -2.26. The number of carbonyl (C=O) groups excluding carboxylic acids is 1. The highest BCUT2D eigenvalue weighted by atomic mass is 19.3. The summed E-state index contributed by atoms with van der Waals surface area (Å²) in [5.41, 5.74) is 0.773. The maximum Gasteiger partial charge on any atom is 0.319 e. The number of alkyl halides is 2. The summed E-state index contributed by atoms with van der Waals surface area (Å²) in [5, 5.41) is 0. The van der Waals surface area contributed by atoms with Crippen LogP contribution in [0.5, 0.6) is 11.5 Å². The van der Waals surface area contributed by atoms with Gasteiger partial charge in [-0.2, -0.15) is 8.78 Å². The Morgan fingerprint density at radius 1 is 1.42 bits per heavy atom. The Morgan fingerprint density at radius 3 is 3.00 bits per heavy atom. The van der Waals surface area contributed by atoms with Gasteiger partial charge in [-0.1, -0.05) is 6.07 Å². The number of amides is 1. The number of ether oxygens (including phenoxy) is 2. The summed E-state index contributed by atoms with van der Waals surface area (Å²) in [6.45, 7) is -2.52. The third-order valence-corrected chi connectivity index (χ3v) is 3.53. The Balaban J connectivity index is 1.64. The second-order valence-electron chi connectivity index (χ2n) is 5.17. The first-order valence-corrected chi connectivity index (χ1v) is 7.17. The van der Waals surface area contributed by atoms with Gasteiger partial charge in [-0.25, -0.2) is 4.98 Å². The average Bonchev–Trinajstić information content (AvgIpc) is 3.20. The van der Waals surface area contributed by atoms with E-state index in [4.69, 9.17) is 9.47 Å². The van der Waals surface area contributed by atoms with Gasteiger partial charge in [0.2, 0.25) is 12.7 Å². The molecule has 2 aromatic rings. The van der Waals surface area contributed by atoms with Crippen molar-refractivity contribution in [3.8, 4) is 11.5 Å². The number of rotatable bonds is 5. The molecule has 1 aliphatic rings. The molecular formula is C16H15F2N3O3. The first-order chi connectivity index (χ1) is 11.5. The van der Waals surface area contributed by atoms with Crippen LogP contribution in [-0.4, -0.2) is 34.2 Å². The lowest BCUT2D eigenvalue weighted by molar-refractivity contribution is -0.125. The predicted octanol–water partition coefficient (Wildman–Crippen LogP) is 2.68. The van der Waals surface area contributed by atoms with E-state index in [1.807, 2.05) is 0 Å². The average molecular weight is 335 g/mol. The van der Waals surface area contributed by atoms with Crippen LogP contribution in [0.25, 0.3) is 6.08 Å². The van der Waals surface area contributed by atoms with Crippen molar-refractivity contribution >= 4 is 12.0 Å². The molecule has 24 heavy (non-hydrogen) atoms. The number of hydrogen-bond donors (Lipinski definition) is 0. The Morgan fingerprint density at radius 2 is 2.21 bits per heavy atom. The van der Waals surface area contributed by atoms with E-state index in [1.165, 1.54) is 30.4 Å². The minimum Gasteiger partial charge on any atom is -0.454 e.